The van der Waals surface area contributed by atoms with E-state index < -0.39 is 17.2 Å². The van der Waals surface area contributed by atoms with Crippen LogP contribution in [0.15, 0.2) is 53.5 Å². The molecule has 0 spiro atoms. The van der Waals surface area contributed by atoms with Crippen LogP contribution in [0.3, 0.4) is 0 Å². The van der Waals surface area contributed by atoms with Crippen molar-refractivity contribution in [3.63, 3.8) is 0 Å². The van der Waals surface area contributed by atoms with Crippen LogP contribution in [0.1, 0.15) is 18.1 Å². The largest absolute Gasteiger partial charge is 0.378 e. The van der Waals surface area contributed by atoms with Crippen molar-refractivity contribution < 1.29 is 8.78 Å². The molecule has 1 N–H and O–H groups in total. The van der Waals surface area contributed by atoms with E-state index in [-0.39, 0.29) is 10.7 Å². The second-order valence-electron chi connectivity index (χ2n) is 6.69. The van der Waals surface area contributed by atoms with E-state index in [4.69, 9.17) is 11.6 Å². The Bertz CT molecular complexity index is 1070. The van der Waals surface area contributed by atoms with Gasteiger partial charge in [0.25, 0.3) is 5.56 Å². The zero-order valence-corrected chi connectivity index (χ0v) is 16.9. The maximum Gasteiger partial charge on any atom is 0.292 e. The number of nitrogens with zero attached hydrogens (tertiary/aromatic N) is 3. The molecule has 0 saturated heterocycles. The van der Waals surface area contributed by atoms with E-state index >= 15 is 0 Å². The summed E-state index contributed by atoms with van der Waals surface area (Å²) in [6, 6.07) is 11.0. The number of anilines is 1. The molecule has 5 nitrogen and oxygen atoms in total. The quantitative estimate of drug-likeness (QED) is 0.624. The lowest BCUT2D eigenvalue weighted by Gasteiger charge is -2.15. The maximum absolute atomic E-state index is 14.0. The minimum absolute atomic E-state index is 0.120. The first-order chi connectivity index (χ1) is 13.9. The van der Waals surface area contributed by atoms with Crippen LogP contribution in [-0.2, 0) is 13.1 Å². The molecule has 0 aliphatic heterocycles. The van der Waals surface area contributed by atoms with Gasteiger partial charge in [0.1, 0.15) is 16.5 Å². The van der Waals surface area contributed by atoms with Crippen LogP contribution in [-0.4, -0.2) is 28.3 Å². The standard InChI is InChI=1S/C21H21ClF2N4O/c1-3-27(2)13-15-6-4-5-14(9-15)11-25-18-12-26-28(21(29)20(18)22)19-8-7-16(23)10-17(19)24/h4-10,12,25H,3,11,13H2,1-2H3. The third-order valence-corrected chi connectivity index (χ3v) is 4.89. The number of rotatable bonds is 7. The molecule has 0 aliphatic rings. The SMILES string of the molecule is CCN(C)Cc1cccc(CNc2cnn(-c3ccc(F)cc3F)c(=O)c2Cl)c1. The van der Waals surface area contributed by atoms with Crippen molar-refractivity contribution in [2.24, 2.45) is 0 Å². The minimum Gasteiger partial charge on any atom is -0.378 e. The molecule has 0 fully saturated rings. The Morgan fingerprint density at radius 3 is 2.66 bits per heavy atom. The van der Waals surface area contributed by atoms with Crippen LogP contribution in [0, 0.1) is 11.6 Å². The number of aromatic nitrogens is 2. The zero-order chi connectivity index (χ0) is 21.0. The lowest BCUT2D eigenvalue weighted by molar-refractivity contribution is 0.345. The van der Waals surface area contributed by atoms with Gasteiger partial charge in [-0.15, -0.1) is 0 Å². The molecule has 2 aromatic carbocycles. The van der Waals surface area contributed by atoms with E-state index in [0.29, 0.717) is 18.3 Å². The second kappa shape index (κ2) is 9.15. The van der Waals surface area contributed by atoms with Crippen molar-refractivity contribution in [1.82, 2.24) is 14.7 Å². The maximum atomic E-state index is 14.0. The summed E-state index contributed by atoms with van der Waals surface area (Å²) < 4.78 is 27.9. The summed E-state index contributed by atoms with van der Waals surface area (Å²) in [5, 5.41) is 6.94. The van der Waals surface area contributed by atoms with Gasteiger partial charge in [0, 0.05) is 19.2 Å². The van der Waals surface area contributed by atoms with Crippen LogP contribution >= 0.6 is 11.6 Å². The Morgan fingerprint density at radius 1 is 1.17 bits per heavy atom. The monoisotopic (exact) mass is 418 g/mol. The fourth-order valence-corrected chi connectivity index (χ4v) is 3.04. The first kappa shape index (κ1) is 21.0. The highest BCUT2D eigenvalue weighted by Gasteiger charge is 2.14. The molecule has 1 heterocycles. The van der Waals surface area contributed by atoms with Gasteiger partial charge in [-0.2, -0.15) is 9.78 Å². The highest BCUT2D eigenvalue weighted by molar-refractivity contribution is 6.32. The van der Waals surface area contributed by atoms with Crippen molar-refractivity contribution in [1.29, 1.82) is 0 Å². The average molecular weight is 419 g/mol. The van der Waals surface area contributed by atoms with Crippen LogP contribution in [0.4, 0.5) is 14.5 Å². The van der Waals surface area contributed by atoms with Crippen LogP contribution in [0.5, 0.6) is 0 Å². The fraction of sp³-hybridized carbons (Fsp3) is 0.238. The highest BCUT2D eigenvalue weighted by atomic mass is 35.5. The summed E-state index contributed by atoms with van der Waals surface area (Å²) in [6.45, 7) is 4.33. The first-order valence-electron chi connectivity index (χ1n) is 9.12. The molecular weight excluding hydrogens is 398 g/mol. The van der Waals surface area contributed by atoms with Crippen LogP contribution in [0.25, 0.3) is 5.69 Å². The summed E-state index contributed by atoms with van der Waals surface area (Å²) in [5.74, 6) is -1.64. The van der Waals surface area contributed by atoms with Gasteiger partial charge in [0.2, 0.25) is 0 Å². The molecule has 8 heteroatoms. The van der Waals surface area contributed by atoms with Gasteiger partial charge >= 0.3 is 0 Å². The normalized spacial score (nSPS) is 11.1. The Morgan fingerprint density at radius 2 is 1.93 bits per heavy atom. The summed E-state index contributed by atoms with van der Waals surface area (Å²) in [6.07, 6.45) is 1.35. The van der Waals surface area contributed by atoms with Crippen molar-refractivity contribution in [2.75, 3.05) is 18.9 Å². The molecule has 0 amide bonds. The van der Waals surface area contributed by atoms with Gasteiger partial charge in [0.05, 0.1) is 11.9 Å². The van der Waals surface area contributed by atoms with E-state index in [9.17, 15) is 13.6 Å². The Labute approximate surface area is 172 Å². The van der Waals surface area contributed by atoms with Gasteiger partial charge < -0.3 is 10.2 Å². The van der Waals surface area contributed by atoms with Gasteiger partial charge in [-0.05, 0) is 36.9 Å². The fourth-order valence-electron chi connectivity index (χ4n) is 2.84. The zero-order valence-electron chi connectivity index (χ0n) is 16.1. The Hall–Kier alpha value is -2.77. The van der Waals surface area contributed by atoms with E-state index in [2.05, 4.69) is 41.4 Å². The summed E-state index contributed by atoms with van der Waals surface area (Å²) in [7, 11) is 2.05. The summed E-state index contributed by atoms with van der Waals surface area (Å²) in [4.78, 5) is 14.7. The van der Waals surface area contributed by atoms with E-state index in [0.717, 1.165) is 35.5 Å². The molecule has 0 bridgehead atoms. The molecule has 1 aromatic heterocycles. The Balaban J connectivity index is 1.78. The number of nitrogens with one attached hydrogen (secondary N) is 1. The van der Waals surface area contributed by atoms with E-state index in [1.807, 2.05) is 12.1 Å². The van der Waals surface area contributed by atoms with E-state index in [1.165, 1.54) is 11.8 Å². The molecule has 29 heavy (non-hydrogen) atoms. The summed E-state index contributed by atoms with van der Waals surface area (Å²) in [5.41, 5.74) is 1.68. The van der Waals surface area contributed by atoms with Crippen molar-refractivity contribution in [3.05, 3.63) is 86.8 Å². The average Bonchev–Trinajstić information content (AvgIpc) is 2.70. The van der Waals surface area contributed by atoms with Crippen LogP contribution in [0.2, 0.25) is 5.02 Å². The van der Waals surface area contributed by atoms with Gasteiger partial charge in [-0.3, -0.25) is 4.79 Å². The van der Waals surface area contributed by atoms with E-state index in [1.54, 1.807) is 0 Å². The minimum atomic E-state index is -0.898. The van der Waals surface area contributed by atoms with Crippen molar-refractivity contribution in [3.8, 4) is 5.69 Å². The number of halogens is 3. The topological polar surface area (TPSA) is 50.2 Å². The lowest BCUT2D eigenvalue weighted by Crippen LogP contribution is -2.23. The van der Waals surface area contributed by atoms with Gasteiger partial charge in [-0.1, -0.05) is 42.8 Å². The smallest absolute Gasteiger partial charge is 0.292 e. The van der Waals surface area contributed by atoms with Gasteiger partial charge in [-0.25, -0.2) is 8.78 Å². The Kier molecular flexibility index (Phi) is 6.61. The number of hydrogen-bond donors (Lipinski definition) is 1. The third-order valence-electron chi connectivity index (χ3n) is 4.52. The molecule has 0 atom stereocenters. The highest BCUT2D eigenvalue weighted by Crippen LogP contribution is 2.19. The summed E-state index contributed by atoms with van der Waals surface area (Å²) >= 11 is 6.18. The molecule has 0 unspecified atom stereocenters. The molecule has 152 valence electrons. The molecule has 0 aliphatic carbocycles. The predicted molar refractivity (Wildman–Crippen MR) is 111 cm³/mol. The molecule has 0 saturated carbocycles. The predicted octanol–water partition coefficient (Wildman–Crippen LogP) is 4.23. The van der Waals surface area contributed by atoms with Gasteiger partial charge in [0.15, 0.2) is 5.82 Å². The van der Waals surface area contributed by atoms with Crippen LogP contribution < -0.4 is 10.9 Å². The molecule has 3 aromatic rings. The first-order valence-corrected chi connectivity index (χ1v) is 9.50. The lowest BCUT2D eigenvalue weighted by atomic mass is 10.1. The molecule has 3 rings (SSSR count). The van der Waals surface area contributed by atoms with Crippen molar-refractivity contribution >= 4 is 17.3 Å². The third kappa shape index (κ3) is 4.99. The van der Waals surface area contributed by atoms with Crippen molar-refractivity contribution in [2.45, 2.75) is 20.0 Å². The number of benzene rings is 2. The molecular formula is C21H21ClF2N4O. The second-order valence-corrected chi connectivity index (χ2v) is 7.07. The number of hydrogen-bond acceptors (Lipinski definition) is 4. The molecule has 0 radical (unpaired) electrons.